The number of hydrogen-bond donors (Lipinski definition) is 0. The van der Waals surface area contributed by atoms with Gasteiger partial charge in [0.15, 0.2) is 0 Å². The van der Waals surface area contributed by atoms with Crippen molar-refractivity contribution in [1.29, 1.82) is 5.26 Å². The van der Waals surface area contributed by atoms with Gasteiger partial charge in [0, 0.05) is 12.5 Å². The van der Waals surface area contributed by atoms with E-state index in [0.717, 1.165) is 5.52 Å². The molecule has 0 radical (unpaired) electrons. The van der Waals surface area contributed by atoms with E-state index in [1.165, 1.54) is 6.92 Å². The average Bonchev–Trinajstić information content (AvgIpc) is 2.96. The molecule has 0 aliphatic rings. The Hall–Kier alpha value is -3.20. The smallest absolute Gasteiger partial charge is 0.304 e. The fraction of sp³-hybridized carbons (Fsp3) is 0.125. The summed E-state index contributed by atoms with van der Waals surface area (Å²) in [6, 6.07) is 16.3. The highest BCUT2D eigenvalue weighted by atomic mass is 16.6. The Morgan fingerprint density at radius 2 is 1.95 bits per heavy atom. The van der Waals surface area contributed by atoms with Gasteiger partial charge in [0.2, 0.25) is 6.23 Å². The molecule has 0 spiro atoms. The first-order valence-electron chi connectivity index (χ1n) is 6.66. The summed E-state index contributed by atoms with van der Waals surface area (Å²) >= 11 is 0. The second-order valence-electron chi connectivity index (χ2n) is 4.72. The van der Waals surface area contributed by atoms with Crippen molar-refractivity contribution in [3.05, 3.63) is 59.7 Å². The van der Waals surface area contributed by atoms with Crippen LogP contribution in [-0.2, 0) is 9.53 Å². The molecular weight excluding hydrogens is 280 g/mol. The first-order valence-corrected chi connectivity index (χ1v) is 6.66. The monoisotopic (exact) mass is 292 g/mol. The summed E-state index contributed by atoms with van der Waals surface area (Å²) < 4.78 is 6.95. The highest BCUT2D eigenvalue weighted by Gasteiger charge is 2.20. The van der Waals surface area contributed by atoms with Gasteiger partial charge in [-0.15, -0.1) is 5.10 Å². The van der Waals surface area contributed by atoms with Crippen molar-refractivity contribution in [2.24, 2.45) is 0 Å². The van der Waals surface area contributed by atoms with E-state index in [4.69, 9.17) is 10.00 Å². The molecule has 0 fully saturated rings. The Kier molecular flexibility index (Phi) is 3.54. The third-order valence-electron chi connectivity index (χ3n) is 3.20. The number of aromatic nitrogens is 3. The number of carbonyl (C=O) groups is 1. The van der Waals surface area contributed by atoms with Crippen LogP contribution in [0.25, 0.3) is 11.0 Å². The van der Waals surface area contributed by atoms with Crippen LogP contribution in [0, 0.1) is 11.3 Å². The van der Waals surface area contributed by atoms with Crippen LogP contribution in [0.5, 0.6) is 0 Å². The highest BCUT2D eigenvalue weighted by Crippen LogP contribution is 2.24. The van der Waals surface area contributed by atoms with Crippen molar-refractivity contribution in [3.63, 3.8) is 0 Å². The van der Waals surface area contributed by atoms with Gasteiger partial charge >= 0.3 is 5.97 Å². The summed E-state index contributed by atoms with van der Waals surface area (Å²) in [6.07, 6.45) is -0.724. The van der Waals surface area contributed by atoms with Crippen LogP contribution >= 0.6 is 0 Å². The molecule has 0 amide bonds. The Morgan fingerprint density at radius 3 is 2.64 bits per heavy atom. The summed E-state index contributed by atoms with van der Waals surface area (Å²) in [4.78, 5) is 11.4. The van der Waals surface area contributed by atoms with Crippen LogP contribution < -0.4 is 0 Å². The SMILES string of the molecule is CC(=O)OC(c1ccc(C#N)cc1)n1nnc2ccccc21. The highest BCUT2D eigenvalue weighted by molar-refractivity contribution is 5.74. The minimum Gasteiger partial charge on any atom is -0.435 e. The van der Waals surface area contributed by atoms with E-state index in [2.05, 4.69) is 16.4 Å². The molecule has 3 rings (SSSR count). The van der Waals surface area contributed by atoms with Crippen molar-refractivity contribution < 1.29 is 9.53 Å². The van der Waals surface area contributed by atoms with E-state index in [0.29, 0.717) is 16.6 Å². The molecule has 1 heterocycles. The molecule has 3 aromatic rings. The molecule has 2 aromatic carbocycles. The average molecular weight is 292 g/mol. The molecule has 6 heteroatoms. The largest absolute Gasteiger partial charge is 0.435 e. The van der Waals surface area contributed by atoms with Crippen LogP contribution in [0.1, 0.15) is 24.3 Å². The van der Waals surface area contributed by atoms with Gasteiger partial charge < -0.3 is 4.74 Å². The molecule has 0 N–H and O–H groups in total. The first kappa shape index (κ1) is 13.8. The number of nitrogens with zero attached hydrogens (tertiary/aromatic N) is 4. The van der Waals surface area contributed by atoms with Gasteiger partial charge in [-0.25, -0.2) is 4.68 Å². The van der Waals surface area contributed by atoms with Crippen molar-refractivity contribution >= 4 is 17.0 Å². The third-order valence-corrected chi connectivity index (χ3v) is 3.20. The van der Waals surface area contributed by atoms with Crippen molar-refractivity contribution in [3.8, 4) is 6.07 Å². The lowest BCUT2D eigenvalue weighted by molar-refractivity contribution is -0.148. The lowest BCUT2D eigenvalue weighted by Crippen LogP contribution is -2.18. The number of fused-ring (bicyclic) bond motifs is 1. The Bertz CT molecular complexity index is 862. The molecule has 1 aromatic heterocycles. The molecule has 108 valence electrons. The summed E-state index contributed by atoms with van der Waals surface area (Å²) in [7, 11) is 0. The zero-order valence-corrected chi connectivity index (χ0v) is 11.8. The van der Waals surface area contributed by atoms with Gasteiger partial charge in [-0.3, -0.25) is 4.79 Å². The molecule has 1 atom stereocenters. The van der Waals surface area contributed by atoms with Gasteiger partial charge in [-0.2, -0.15) is 5.26 Å². The fourth-order valence-corrected chi connectivity index (χ4v) is 2.20. The van der Waals surface area contributed by atoms with E-state index in [9.17, 15) is 4.79 Å². The molecule has 0 aliphatic heterocycles. The Labute approximate surface area is 126 Å². The fourth-order valence-electron chi connectivity index (χ4n) is 2.20. The van der Waals surface area contributed by atoms with Crippen LogP contribution in [0.3, 0.4) is 0 Å². The molecular formula is C16H12N4O2. The predicted octanol–water partition coefficient (Wildman–Crippen LogP) is 2.41. The number of nitriles is 1. The zero-order chi connectivity index (χ0) is 15.5. The number of esters is 1. The lowest BCUT2D eigenvalue weighted by atomic mass is 10.1. The van der Waals surface area contributed by atoms with Crippen molar-refractivity contribution in [1.82, 2.24) is 15.0 Å². The maximum absolute atomic E-state index is 11.4. The molecule has 0 aliphatic carbocycles. The number of carbonyl (C=O) groups excluding carboxylic acids is 1. The first-order chi connectivity index (χ1) is 10.7. The van der Waals surface area contributed by atoms with E-state index >= 15 is 0 Å². The van der Waals surface area contributed by atoms with Gasteiger partial charge in [0.1, 0.15) is 5.52 Å². The summed E-state index contributed by atoms with van der Waals surface area (Å²) in [5.74, 6) is -0.422. The van der Waals surface area contributed by atoms with Gasteiger partial charge in [-0.1, -0.05) is 29.5 Å². The Morgan fingerprint density at radius 1 is 1.23 bits per heavy atom. The van der Waals surface area contributed by atoms with Crippen LogP contribution in [0.4, 0.5) is 0 Å². The quantitative estimate of drug-likeness (QED) is 0.692. The van der Waals surface area contributed by atoms with Crippen LogP contribution in [-0.4, -0.2) is 21.0 Å². The number of rotatable bonds is 3. The Balaban J connectivity index is 2.09. The van der Waals surface area contributed by atoms with E-state index in [-0.39, 0.29) is 0 Å². The molecule has 1 unspecified atom stereocenters. The lowest BCUT2D eigenvalue weighted by Gasteiger charge is -2.18. The maximum atomic E-state index is 11.4. The zero-order valence-electron chi connectivity index (χ0n) is 11.8. The minimum atomic E-state index is -0.724. The second kappa shape index (κ2) is 5.66. The standard InChI is InChI=1S/C16H12N4O2/c1-11(21)22-16(13-8-6-12(10-17)7-9-13)20-15-5-3-2-4-14(15)18-19-20/h2-9,16H,1H3. The topological polar surface area (TPSA) is 80.8 Å². The van der Waals surface area contributed by atoms with Crippen molar-refractivity contribution in [2.45, 2.75) is 13.2 Å². The molecule has 6 nitrogen and oxygen atoms in total. The predicted molar refractivity (Wildman–Crippen MR) is 78.6 cm³/mol. The molecule has 0 saturated heterocycles. The number of ether oxygens (including phenoxy) is 1. The normalized spacial score (nSPS) is 11.8. The summed E-state index contributed by atoms with van der Waals surface area (Å²) in [5, 5.41) is 17.0. The molecule has 0 saturated carbocycles. The number of benzene rings is 2. The maximum Gasteiger partial charge on any atom is 0.304 e. The number of hydrogen-bond acceptors (Lipinski definition) is 5. The van der Waals surface area contributed by atoms with Crippen LogP contribution in [0.2, 0.25) is 0 Å². The van der Waals surface area contributed by atoms with Crippen LogP contribution in [0.15, 0.2) is 48.5 Å². The van der Waals surface area contributed by atoms with E-state index in [1.54, 1.807) is 28.9 Å². The minimum absolute atomic E-state index is 0.422. The van der Waals surface area contributed by atoms with Gasteiger partial charge in [0.05, 0.1) is 17.1 Å². The summed E-state index contributed by atoms with van der Waals surface area (Å²) in [5.41, 5.74) is 2.73. The van der Waals surface area contributed by atoms with Gasteiger partial charge in [0.25, 0.3) is 0 Å². The molecule has 22 heavy (non-hydrogen) atoms. The molecule has 0 bridgehead atoms. The van der Waals surface area contributed by atoms with Gasteiger partial charge in [-0.05, 0) is 24.3 Å². The third kappa shape index (κ3) is 2.52. The van der Waals surface area contributed by atoms with E-state index < -0.39 is 12.2 Å². The van der Waals surface area contributed by atoms with Crippen molar-refractivity contribution in [2.75, 3.05) is 0 Å². The second-order valence-corrected chi connectivity index (χ2v) is 4.72. The number of para-hydroxylation sites is 1. The summed E-state index contributed by atoms with van der Waals surface area (Å²) in [6.45, 7) is 1.34. The van der Waals surface area contributed by atoms with E-state index in [1.807, 2.05) is 24.3 Å².